The van der Waals surface area contributed by atoms with Crippen LogP contribution in [-0.4, -0.2) is 63.5 Å². The summed E-state index contributed by atoms with van der Waals surface area (Å²) in [6.45, 7) is 4.02. The van der Waals surface area contributed by atoms with Gasteiger partial charge in [0.2, 0.25) is 11.8 Å². The minimum Gasteiger partial charge on any atom is -0.480 e. The first-order valence-electron chi connectivity index (χ1n) is 7.39. The van der Waals surface area contributed by atoms with Gasteiger partial charge in [-0.2, -0.15) is 0 Å². The minimum atomic E-state index is -1.02. The zero-order valence-electron chi connectivity index (χ0n) is 12.7. The average molecular weight is 316 g/mol. The standard InChI is InChI=1S/C14H24N2O4S/c1-3-5-6-12(17)16-10-21-9-11(16)14(20)15(7-4-2)8-13(18)19/h11H,3-10H2,1-2H3,(H,18,19). The van der Waals surface area contributed by atoms with Crippen molar-refractivity contribution in [1.29, 1.82) is 0 Å². The smallest absolute Gasteiger partial charge is 0.323 e. The first kappa shape index (κ1) is 17.8. The first-order chi connectivity index (χ1) is 10.0. The molecule has 0 aliphatic carbocycles. The number of carboxylic acid groups (broad SMARTS) is 1. The molecule has 21 heavy (non-hydrogen) atoms. The summed E-state index contributed by atoms with van der Waals surface area (Å²) in [6, 6.07) is -0.509. The number of unbranched alkanes of at least 4 members (excludes halogenated alkanes) is 1. The minimum absolute atomic E-state index is 0.00743. The maximum Gasteiger partial charge on any atom is 0.323 e. The lowest BCUT2D eigenvalue weighted by molar-refractivity contribution is -0.148. The van der Waals surface area contributed by atoms with Crippen molar-refractivity contribution in [3.8, 4) is 0 Å². The normalized spacial score (nSPS) is 17.8. The molecule has 1 saturated heterocycles. The van der Waals surface area contributed by atoms with Crippen LogP contribution in [0.25, 0.3) is 0 Å². The van der Waals surface area contributed by atoms with Crippen molar-refractivity contribution >= 4 is 29.5 Å². The van der Waals surface area contributed by atoms with Crippen molar-refractivity contribution in [2.24, 2.45) is 0 Å². The van der Waals surface area contributed by atoms with Gasteiger partial charge >= 0.3 is 5.97 Å². The molecule has 1 aliphatic heterocycles. The van der Waals surface area contributed by atoms with E-state index < -0.39 is 12.0 Å². The Morgan fingerprint density at radius 2 is 2.00 bits per heavy atom. The Hall–Kier alpha value is -1.24. The monoisotopic (exact) mass is 316 g/mol. The van der Waals surface area contributed by atoms with E-state index in [2.05, 4.69) is 0 Å². The third-order valence-electron chi connectivity index (χ3n) is 3.36. The summed E-state index contributed by atoms with van der Waals surface area (Å²) in [5.74, 6) is -0.199. The Labute approximate surface area is 129 Å². The number of carboxylic acids is 1. The molecule has 2 amide bonds. The summed E-state index contributed by atoms with van der Waals surface area (Å²) in [6.07, 6.45) is 2.90. The highest BCUT2D eigenvalue weighted by atomic mass is 32.2. The third-order valence-corrected chi connectivity index (χ3v) is 4.38. The molecule has 1 unspecified atom stereocenters. The first-order valence-corrected chi connectivity index (χ1v) is 8.54. The number of hydrogen-bond acceptors (Lipinski definition) is 4. The Morgan fingerprint density at radius 3 is 2.57 bits per heavy atom. The molecule has 0 saturated carbocycles. The molecule has 1 heterocycles. The van der Waals surface area contributed by atoms with E-state index in [9.17, 15) is 14.4 Å². The number of carbonyl (C=O) groups is 3. The molecule has 1 fully saturated rings. The van der Waals surface area contributed by atoms with Crippen LogP contribution in [0.15, 0.2) is 0 Å². The lowest BCUT2D eigenvalue weighted by Gasteiger charge is -2.28. The van der Waals surface area contributed by atoms with E-state index in [4.69, 9.17) is 5.11 Å². The van der Waals surface area contributed by atoms with Crippen LogP contribution in [0.5, 0.6) is 0 Å². The van der Waals surface area contributed by atoms with E-state index in [1.54, 1.807) is 16.7 Å². The summed E-state index contributed by atoms with van der Waals surface area (Å²) >= 11 is 1.54. The van der Waals surface area contributed by atoms with Crippen molar-refractivity contribution in [2.75, 3.05) is 24.7 Å². The predicted molar refractivity (Wildman–Crippen MR) is 82.0 cm³/mol. The van der Waals surface area contributed by atoms with Crippen LogP contribution in [0.4, 0.5) is 0 Å². The van der Waals surface area contributed by atoms with Crippen LogP contribution < -0.4 is 0 Å². The number of carbonyl (C=O) groups excluding carboxylic acids is 2. The molecule has 0 aromatic rings. The Bertz CT molecular complexity index is 389. The molecule has 1 N–H and O–H groups in total. The molecule has 0 aromatic heterocycles. The molecule has 0 bridgehead atoms. The van der Waals surface area contributed by atoms with Gasteiger partial charge in [-0.3, -0.25) is 14.4 Å². The van der Waals surface area contributed by atoms with E-state index in [0.717, 1.165) is 12.8 Å². The molecule has 0 aromatic carbocycles. The van der Waals surface area contributed by atoms with Crippen molar-refractivity contribution in [3.63, 3.8) is 0 Å². The lowest BCUT2D eigenvalue weighted by Crippen LogP contribution is -2.50. The molecule has 0 radical (unpaired) electrons. The average Bonchev–Trinajstić information content (AvgIpc) is 2.92. The van der Waals surface area contributed by atoms with Crippen molar-refractivity contribution < 1.29 is 19.5 Å². The quantitative estimate of drug-likeness (QED) is 0.732. The fraction of sp³-hybridized carbons (Fsp3) is 0.786. The van der Waals surface area contributed by atoms with Gasteiger partial charge in [0, 0.05) is 18.7 Å². The highest BCUT2D eigenvalue weighted by molar-refractivity contribution is 7.99. The van der Waals surface area contributed by atoms with Crippen LogP contribution in [0.3, 0.4) is 0 Å². The van der Waals surface area contributed by atoms with E-state index in [-0.39, 0.29) is 18.4 Å². The molecular weight excluding hydrogens is 292 g/mol. The molecule has 1 aliphatic rings. The molecule has 7 heteroatoms. The number of thioether (sulfide) groups is 1. The van der Waals surface area contributed by atoms with Gasteiger partial charge in [0.1, 0.15) is 12.6 Å². The molecule has 1 rings (SSSR count). The fourth-order valence-electron chi connectivity index (χ4n) is 2.28. The summed E-state index contributed by atoms with van der Waals surface area (Å²) < 4.78 is 0. The Kier molecular flexibility index (Phi) is 7.56. The molecular formula is C14H24N2O4S. The topological polar surface area (TPSA) is 77.9 Å². The van der Waals surface area contributed by atoms with Gasteiger partial charge < -0.3 is 14.9 Å². The number of hydrogen-bond donors (Lipinski definition) is 1. The number of rotatable bonds is 8. The van der Waals surface area contributed by atoms with Crippen molar-refractivity contribution in [2.45, 2.75) is 45.6 Å². The van der Waals surface area contributed by atoms with Gasteiger partial charge in [0.15, 0.2) is 0 Å². The zero-order chi connectivity index (χ0) is 15.8. The van der Waals surface area contributed by atoms with E-state index in [1.807, 2.05) is 13.8 Å². The second-order valence-electron chi connectivity index (χ2n) is 5.14. The highest BCUT2D eigenvalue weighted by Crippen LogP contribution is 2.24. The highest BCUT2D eigenvalue weighted by Gasteiger charge is 2.36. The Morgan fingerprint density at radius 1 is 1.29 bits per heavy atom. The zero-order valence-corrected chi connectivity index (χ0v) is 13.5. The second-order valence-corrected chi connectivity index (χ2v) is 6.14. The second kappa shape index (κ2) is 8.92. The predicted octanol–water partition coefficient (Wildman–Crippen LogP) is 1.40. The van der Waals surface area contributed by atoms with Crippen molar-refractivity contribution in [1.82, 2.24) is 9.80 Å². The van der Waals surface area contributed by atoms with Crippen LogP contribution >= 0.6 is 11.8 Å². The van der Waals surface area contributed by atoms with Crippen LogP contribution in [0.1, 0.15) is 39.5 Å². The van der Waals surface area contributed by atoms with E-state index in [0.29, 0.717) is 31.0 Å². The summed E-state index contributed by atoms with van der Waals surface area (Å²) in [5, 5.41) is 8.91. The SMILES string of the molecule is CCCCC(=O)N1CSCC1C(=O)N(CCC)CC(=O)O. The molecule has 120 valence electrons. The van der Waals surface area contributed by atoms with Gasteiger partial charge in [-0.25, -0.2) is 0 Å². The largest absolute Gasteiger partial charge is 0.480 e. The maximum absolute atomic E-state index is 12.5. The van der Waals surface area contributed by atoms with E-state index in [1.165, 1.54) is 4.90 Å². The van der Waals surface area contributed by atoms with Gasteiger partial charge in [-0.1, -0.05) is 20.3 Å². The Balaban J connectivity index is 2.72. The number of amides is 2. The van der Waals surface area contributed by atoms with Gasteiger partial charge in [-0.05, 0) is 12.8 Å². The third kappa shape index (κ3) is 5.22. The number of aliphatic carboxylic acids is 1. The van der Waals surface area contributed by atoms with Crippen LogP contribution in [0.2, 0.25) is 0 Å². The summed E-state index contributed by atoms with van der Waals surface area (Å²) in [4.78, 5) is 38.5. The lowest BCUT2D eigenvalue weighted by atomic mass is 10.2. The summed E-state index contributed by atoms with van der Waals surface area (Å²) in [5.41, 5.74) is 0. The number of nitrogens with zero attached hydrogens (tertiary/aromatic N) is 2. The van der Waals surface area contributed by atoms with Crippen molar-refractivity contribution in [3.05, 3.63) is 0 Å². The van der Waals surface area contributed by atoms with E-state index >= 15 is 0 Å². The van der Waals surface area contributed by atoms with Gasteiger partial charge in [0.05, 0.1) is 5.88 Å². The molecule has 6 nitrogen and oxygen atoms in total. The molecule has 0 spiro atoms. The van der Waals surface area contributed by atoms with Gasteiger partial charge in [0.25, 0.3) is 0 Å². The summed E-state index contributed by atoms with van der Waals surface area (Å²) in [7, 11) is 0. The maximum atomic E-state index is 12.5. The van der Waals surface area contributed by atoms with Crippen LogP contribution in [-0.2, 0) is 14.4 Å². The fourth-order valence-corrected chi connectivity index (χ4v) is 3.45. The molecule has 1 atom stereocenters. The van der Waals surface area contributed by atoms with Crippen LogP contribution in [0, 0.1) is 0 Å². The van der Waals surface area contributed by atoms with Gasteiger partial charge in [-0.15, -0.1) is 11.8 Å².